The quantitative estimate of drug-likeness (QED) is 0.309. The van der Waals surface area contributed by atoms with Crippen LogP contribution in [-0.2, 0) is 0 Å². The third kappa shape index (κ3) is 1.74. The zero-order chi connectivity index (χ0) is 15.1. The van der Waals surface area contributed by atoms with Gasteiger partial charge >= 0.3 is 0 Å². The van der Waals surface area contributed by atoms with E-state index in [2.05, 4.69) is 5.16 Å². The summed E-state index contributed by atoms with van der Waals surface area (Å²) >= 11 is 0. The van der Waals surface area contributed by atoms with Gasteiger partial charge in [0.25, 0.3) is 0 Å². The summed E-state index contributed by atoms with van der Waals surface area (Å²) in [6, 6.07) is 9.79. The number of nitrogens with two attached hydrogens (primary N) is 1. The molecule has 0 aromatic heterocycles. The Hall–Kier alpha value is -2.95. The van der Waals surface area contributed by atoms with Gasteiger partial charge in [0, 0.05) is 22.3 Å². The van der Waals surface area contributed by atoms with E-state index in [-0.39, 0.29) is 34.1 Å². The lowest BCUT2D eigenvalue weighted by Gasteiger charge is -2.20. The molecule has 104 valence electrons. The van der Waals surface area contributed by atoms with E-state index in [1.54, 1.807) is 43.3 Å². The number of hydrogen-bond donors (Lipinski definition) is 2. The molecule has 0 bridgehead atoms. The van der Waals surface area contributed by atoms with Crippen molar-refractivity contribution in [2.75, 3.05) is 5.73 Å². The van der Waals surface area contributed by atoms with Crippen molar-refractivity contribution in [3.05, 3.63) is 64.2 Å². The van der Waals surface area contributed by atoms with Crippen LogP contribution < -0.4 is 5.73 Å². The molecule has 0 amide bonds. The first-order chi connectivity index (χ1) is 10.1. The highest BCUT2D eigenvalue weighted by Crippen LogP contribution is 2.32. The minimum absolute atomic E-state index is 0.163. The van der Waals surface area contributed by atoms with Gasteiger partial charge in [-0.25, -0.2) is 0 Å². The number of fused-ring (bicyclic) bond motifs is 2. The first-order valence-electron chi connectivity index (χ1n) is 6.36. The van der Waals surface area contributed by atoms with Gasteiger partial charge in [-0.3, -0.25) is 9.59 Å². The van der Waals surface area contributed by atoms with Crippen LogP contribution in [-0.4, -0.2) is 22.5 Å². The van der Waals surface area contributed by atoms with Crippen LogP contribution in [0, 0.1) is 0 Å². The lowest BCUT2D eigenvalue weighted by Crippen LogP contribution is -2.23. The Labute approximate surface area is 120 Å². The van der Waals surface area contributed by atoms with Crippen molar-refractivity contribution in [2.24, 2.45) is 5.16 Å². The van der Waals surface area contributed by atoms with E-state index in [0.717, 1.165) is 0 Å². The van der Waals surface area contributed by atoms with Crippen LogP contribution in [0.1, 0.15) is 44.3 Å². The molecule has 0 fully saturated rings. The molecule has 0 radical (unpaired) electrons. The van der Waals surface area contributed by atoms with Crippen LogP contribution in [0.25, 0.3) is 0 Å². The summed E-state index contributed by atoms with van der Waals surface area (Å²) in [5, 5.41) is 12.0. The average molecular weight is 280 g/mol. The standard InChI is InChI=1S/C16H12N2O3/c1-8(18-21)9-6-7-12-13(14(9)17)16(20)11-5-3-2-4-10(11)15(12)19/h2-7,21H,17H2,1H3. The van der Waals surface area contributed by atoms with Crippen LogP contribution in [0.5, 0.6) is 0 Å². The topological polar surface area (TPSA) is 92.8 Å². The second-order valence-electron chi connectivity index (χ2n) is 4.84. The predicted octanol–water partition coefficient (Wildman–Crippen LogP) is 2.24. The predicted molar refractivity (Wildman–Crippen MR) is 78.2 cm³/mol. The summed E-state index contributed by atoms with van der Waals surface area (Å²) in [5.41, 5.74) is 8.11. The fourth-order valence-corrected chi connectivity index (χ4v) is 2.58. The molecule has 0 aliphatic heterocycles. The van der Waals surface area contributed by atoms with E-state index in [1.165, 1.54) is 0 Å². The molecule has 0 heterocycles. The summed E-state index contributed by atoms with van der Waals surface area (Å²) in [6.45, 7) is 1.57. The number of nitrogens with zero attached hydrogens (tertiary/aromatic N) is 1. The number of ketones is 2. The van der Waals surface area contributed by atoms with Crippen molar-refractivity contribution >= 4 is 23.0 Å². The second kappa shape index (κ2) is 4.56. The molecular formula is C16H12N2O3. The first-order valence-corrected chi connectivity index (χ1v) is 6.36. The van der Waals surface area contributed by atoms with Gasteiger partial charge in [0.2, 0.25) is 0 Å². The van der Waals surface area contributed by atoms with E-state index in [0.29, 0.717) is 16.7 Å². The Morgan fingerprint density at radius 3 is 2.24 bits per heavy atom. The SMILES string of the molecule is CC(=NO)c1ccc2c(c1N)C(=O)c1ccccc1C2=O. The number of hydrogen-bond acceptors (Lipinski definition) is 5. The van der Waals surface area contributed by atoms with E-state index < -0.39 is 0 Å². The molecule has 3 N–H and O–H groups in total. The van der Waals surface area contributed by atoms with Crippen LogP contribution in [0.4, 0.5) is 5.69 Å². The minimum Gasteiger partial charge on any atom is -0.411 e. The lowest BCUT2D eigenvalue weighted by atomic mass is 9.82. The van der Waals surface area contributed by atoms with Gasteiger partial charge in [-0.15, -0.1) is 0 Å². The number of carbonyl (C=O) groups excluding carboxylic acids is 2. The molecule has 21 heavy (non-hydrogen) atoms. The Balaban J connectivity index is 2.31. The van der Waals surface area contributed by atoms with Crippen molar-refractivity contribution < 1.29 is 14.8 Å². The number of nitrogen functional groups attached to an aromatic ring is 1. The van der Waals surface area contributed by atoms with Crippen molar-refractivity contribution in [1.82, 2.24) is 0 Å². The first kappa shape index (κ1) is 13.1. The van der Waals surface area contributed by atoms with E-state index in [1.807, 2.05) is 0 Å². The van der Waals surface area contributed by atoms with Crippen LogP contribution in [0.15, 0.2) is 41.6 Å². The molecule has 0 spiro atoms. The zero-order valence-corrected chi connectivity index (χ0v) is 11.3. The normalized spacial score (nSPS) is 13.9. The molecule has 3 rings (SSSR count). The van der Waals surface area contributed by atoms with E-state index in [4.69, 9.17) is 10.9 Å². The third-order valence-corrected chi connectivity index (χ3v) is 3.67. The number of oxime groups is 1. The van der Waals surface area contributed by atoms with Crippen LogP contribution in [0.3, 0.4) is 0 Å². The average Bonchev–Trinajstić information content (AvgIpc) is 2.51. The number of carbonyl (C=O) groups is 2. The van der Waals surface area contributed by atoms with Gasteiger partial charge in [0.15, 0.2) is 11.6 Å². The molecule has 1 aliphatic carbocycles. The summed E-state index contributed by atoms with van der Waals surface area (Å²) < 4.78 is 0. The Morgan fingerprint density at radius 1 is 1.00 bits per heavy atom. The fraction of sp³-hybridized carbons (Fsp3) is 0.0625. The second-order valence-corrected chi connectivity index (χ2v) is 4.84. The summed E-state index contributed by atoms with van der Waals surface area (Å²) in [5.74, 6) is -0.512. The Bertz CT molecular complexity index is 822. The molecule has 0 unspecified atom stereocenters. The van der Waals surface area contributed by atoms with Crippen molar-refractivity contribution in [3.8, 4) is 0 Å². The minimum atomic E-state index is -0.287. The number of rotatable bonds is 1. The van der Waals surface area contributed by atoms with E-state index in [9.17, 15) is 9.59 Å². The summed E-state index contributed by atoms with van der Waals surface area (Å²) in [4.78, 5) is 25.1. The van der Waals surface area contributed by atoms with Gasteiger partial charge in [-0.1, -0.05) is 35.5 Å². The highest BCUT2D eigenvalue weighted by molar-refractivity contribution is 6.31. The zero-order valence-electron chi connectivity index (χ0n) is 11.3. The number of benzene rings is 2. The molecule has 0 saturated carbocycles. The van der Waals surface area contributed by atoms with Gasteiger partial charge in [0.05, 0.1) is 17.0 Å². The lowest BCUT2D eigenvalue weighted by molar-refractivity contribution is 0.0979. The molecular weight excluding hydrogens is 268 g/mol. The van der Waals surface area contributed by atoms with Gasteiger partial charge < -0.3 is 10.9 Å². The molecule has 5 nitrogen and oxygen atoms in total. The van der Waals surface area contributed by atoms with Crippen LogP contribution >= 0.6 is 0 Å². The summed E-state index contributed by atoms with van der Waals surface area (Å²) in [7, 11) is 0. The largest absolute Gasteiger partial charge is 0.411 e. The highest BCUT2D eigenvalue weighted by Gasteiger charge is 2.32. The fourth-order valence-electron chi connectivity index (χ4n) is 2.58. The molecule has 5 heteroatoms. The van der Waals surface area contributed by atoms with Gasteiger partial charge in [-0.05, 0) is 13.0 Å². The maximum Gasteiger partial charge on any atom is 0.196 e. The Kier molecular flexibility index (Phi) is 2.83. The molecule has 2 aromatic rings. The third-order valence-electron chi connectivity index (χ3n) is 3.67. The van der Waals surface area contributed by atoms with Gasteiger partial charge in [-0.2, -0.15) is 0 Å². The number of anilines is 1. The smallest absolute Gasteiger partial charge is 0.196 e. The highest BCUT2D eigenvalue weighted by atomic mass is 16.4. The maximum absolute atomic E-state index is 12.6. The molecule has 0 saturated heterocycles. The van der Waals surface area contributed by atoms with Crippen molar-refractivity contribution in [3.63, 3.8) is 0 Å². The van der Waals surface area contributed by atoms with Crippen molar-refractivity contribution in [1.29, 1.82) is 0 Å². The van der Waals surface area contributed by atoms with Gasteiger partial charge in [0.1, 0.15) is 0 Å². The van der Waals surface area contributed by atoms with Crippen LogP contribution in [0.2, 0.25) is 0 Å². The maximum atomic E-state index is 12.6. The molecule has 0 atom stereocenters. The Morgan fingerprint density at radius 2 is 1.62 bits per heavy atom. The molecule has 1 aliphatic rings. The monoisotopic (exact) mass is 280 g/mol. The van der Waals surface area contributed by atoms with E-state index >= 15 is 0 Å². The van der Waals surface area contributed by atoms with Crippen molar-refractivity contribution in [2.45, 2.75) is 6.92 Å². The molecule has 2 aromatic carbocycles. The summed E-state index contributed by atoms with van der Waals surface area (Å²) in [6.07, 6.45) is 0.